The molecule has 0 amide bonds. The van der Waals surface area contributed by atoms with Crippen LogP contribution in [-0.2, 0) is 5.60 Å². The summed E-state index contributed by atoms with van der Waals surface area (Å²) in [5.74, 6) is 0.454. The summed E-state index contributed by atoms with van der Waals surface area (Å²) in [6, 6.07) is 15.2. The van der Waals surface area contributed by atoms with E-state index in [9.17, 15) is 5.11 Å². The number of rotatable bonds is 4. The zero-order valence-electron chi connectivity index (χ0n) is 12.2. The Hall–Kier alpha value is -1.43. The van der Waals surface area contributed by atoms with Crippen molar-refractivity contribution >= 4 is 11.6 Å². The van der Waals surface area contributed by atoms with Crippen LogP contribution in [0.2, 0.25) is 5.02 Å². The van der Waals surface area contributed by atoms with Gasteiger partial charge in [0.1, 0.15) is 5.60 Å². The first-order valence-electron chi connectivity index (χ1n) is 7.38. The molecule has 116 valence electrons. The molecular formula is C17H20ClN3O. The third-order valence-corrected chi connectivity index (χ3v) is 4.55. The molecule has 4 nitrogen and oxygen atoms in total. The number of nitrogens with one attached hydrogen (secondary N) is 2. The van der Waals surface area contributed by atoms with Crippen LogP contribution in [0.25, 0.3) is 0 Å². The van der Waals surface area contributed by atoms with Gasteiger partial charge in [0.15, 0.2) is 0 Å². The second-order valence-electron chi connectivity index (χ2n) is 5.65. The Morgan fingerprint density at radius 2 is 1.50 bits per heavy atom. The Morgan fingerprint density at radius 3 is 2.00 bits per heavy atom. The van der Waals surface area contributed by atoms with Crippen LogP contribution in [-0.4, -0.2) is 24.7 Å². The zero-order chi connectivity index (χ0) is 15.6. The average Bonchev–Trinajstić information content (AvgIpc) is 3.09. The highest BCUT2D eigenvalue weighted by Crippen LogP contribution is 2.30. The fourth-order valence-electron chi connectivity index (χ4n) is 2.86. The van der Waals surface area contributed by atoms with Crippen molar-refractivity contribution in [2.75, 3.05) is 19.6 Å². The van der Waals surface area contributed by atoms with E-state index in [1.54, 1.807) is 12.1 Å². The largest absolute Gasteiger partial charge is 0.379 e. The molecule has 0 radical (unpaired) electrons. The van der Waals surface area contributed by atoms with Gasteiger partial charge in [-0.1, -0.05) is 48.0 Å². The van der Waals surface area contributed by atoms with Crippen molar-refractivity contribution < 1.29 is 5.11 Å². The molecule has 2 aromatic rings. The van der Waals surface area contributed by atoms with Crippen LogP contribution in [0, 0.1) is 0 Å². The van der Waals surface area contributed by atoms with Crippen LogP contribution in [0.1, 0.15) is 22.6 Å². The molecule has 0 spiro atoms. The van der Waals surface area contributed by atoms with Crippen molar-refractivity contribution in [1.82, 2.24) is 10.9 Å². The van der Waals surface area contributed by atoms with Gasteiger partial charge in [0.05, 0.1) is 0 Å². The Labute approximate surface area is 135 Å². The molecule has 5 heteroatoms. The lowest BCUT2D eigenvalue weighted by atomic mass is 9.85. The summed E-state index contributed by atoms with van der Waals surface area (Å²) in [5.41, 5.74) is 13.7. The average molecular weight is 318 g/mol. The third kappa shape index (κ3) is 2.89. The van der Waals surface area contributed by atoms with Crippen molar-refractivity contribution in [3.63, 3.8) is 0 Å². The minimum Gasteiger partial charge on any atom is -0.379 e. The van der Waals surface area contributed by atoms with Crippen molar-refractivity contribution in [1.29, 1.82) is 0 Å². The van der Waals surface area contributed by atoms with Gasteiger partial charge in [0, 0.05) is 30.6 Å². The highest BCUT2D eigenvalue weighted by Gasteiger charge is 2.30. The Morgan fingerprint density at radius 1 is 1.00 bits per heavy atom. The van der Waals surface area contributed by atoms with Gasteiger partial charge >= 0.3 is 0 Å². The van der Waals surface area contributed by atoms with Crippen LogP contribution in [0.5, 0.6) is 0 Å². The van der Waals surface area contributed by atoms with E-state index >= 15 is 0 Å². The predicted octanol–water partition coefficient (Wildman–Crippen LogP) is 1.73. The lowest BCUT2D eigenvalue weighted by molar-refractivity contribution is 0.0902. The minimum atomic E-state index is -1.20. The van der Waals surface area contributed by atoms with Crippen LogP contribution < -0.4 is 16.6 Å². The molecule has 0 aliphatic carbocycles. The van der Waals surface area contributed by atoms with Crippen LogP contribution in [0.15, 0.2) is 48.5 Å². The lowest BCUT2D eigenvalue weighted by Gasteiger charge is -2.28. The van der Waals surface area contributed by atoms with Gasteiger partial charge in [-0.15, -0.1) is 0 Å². The van der Waals surface area contributed by atoms with Crippen molar-refractivity contribution in [2.45, 2.75) is 11.5 Å². The molecular weight excluding hydrogens is 298 g/mol. The first kappa shape index (κ1) is 15.5. The molecule has 1 aliphatic heterocycles. The van der Waals surface area contributed by atoms with Crippen LogP contribution in [0.4, 0.5) is 0 Å². The number of benzene rings is 2. The maximum Gasteiger partial charge on any atom is 0.127 e. The number of hydrogen-bond donors (Lipinski definition) is 4. The standard InChI is InChI=1S/C17H20ClN3O/c18-16-7-5-15(6-8-16)17(22,11-19)14-3-1-12(2-4-14)13-9-20-21-10-13/h1-8,13,20-22H,9-11,19H2/t17-/m1/s1. The SMILES string of the molecule is NC[C@](O)(c1ccc(Cl)cc1)c1ccc(C2CNNC2)cc1. The van der Waals surface area contributed by atoms with Gasteiger partial charge in [-0.2, -0.15) is 0 Å². The summed E-state index contributed by atoms with van der Waals surface area (Å²) < 4.78 is 0. The van der Waals surface area contributed by atoms with E-state index in [0.717, 1.165) is 24.2 Å². The fourth-order valence-corrected chi connectivity index (χ4v) is 2.98. The van der Waals surface area contributed by atoms with E-state index in [0.29, 0.717) is 10.9 Å². The topological polar surface area (TPSA) is 70.3 Å². The Bertz CT molecular complexity index is 623. The molecule has 0 aromatic heterocycles. The molecule has 5 N–H and O–H groups in total. The molecule has 3 rings (SSSR count). The van der Waals surface area contributed by atoms with Crippen molar-refractivity contribution in [3.05, 3.63) is 70.2 Å². The first-order valence-corrected chi connectivity index (χ1v) is 7.76. The van der Waals surface area contributed by atoms with E-state index in [1.165, 1.54) is 5.56 Å². The van der Waals surface area contributed by atoms with E-state index in [2.05, 4.69) is 23.0 Å². The molecule has 0 saturated carbocycles. The van der Waals surface area contributed by atoms with E-state index < -0.39 is 5.60 Å². The minimum absolute atomic E-state index is 0.112. The van der Waals surface area contributed by atoms with Gasteiger partial charge in [0.2, 0.25) is 0 Å². The second-order valence-corrected chi connectivity index (χ2v) is 6.09. The molecule has 22 heavy (non-hydrogen) atoms. The number of hydrogen-bond acceptors (Lipinski definition) is 4. The van der Waals surface area contributed by atoms with E-state index in [4.69, 9.17) is 17.3 Å². The number of nitrogens with two attached hydrogens (primary N) is 1. The molecule has 0 unspecified atom stereocenters. The number of hydrazine groups is 1. The molecule has 1 aliphatic rings. The van der Waals surface area contributed by atoms with Crippen LogP contribution >= 0.6 is 11.6 Å². The molecule has 1 saturated heterocycles. The summed E-state index contributed by atoms with van der Waals surface area (Å²) >= 11 is 5.92. The Kier molecular flexibility index (Phi) is 4.47. The fraction of sp³-hybridized carbons (Fsp3) is 0.294. The lowest BCUT2D eigenvalue weighted by Crippen LogP contribution is -2.36. The highest BCUT2D eigenvalue weighted by molar-refractivity contribution is 6.30. The van der Waals surface area contributed by atoms with Gasteiger partial charge in [-0.3, -0.25) is 10.9 Å². The zero-order valence-corrected chi connectivity index (χ0v) is 13.0. The second kappa shape index (κ2) is 6.36. The van der Waals surface area contributed by atoms with Gasteiger partial charge in [-0.05, 0) is 28.8 Å². The van der Waals surface area contributed by atoms with E-state index in [1.807, 2.05) is 24.3 Å². The molecule has 1 heterocycles. The van der Waals surface area contributed by atoms with E-state index in [-0.39, 0.29) is 6.54 Å². The summed E-state index contributed by atoms with van der Waals surface area (Å²) in [6.45, 7) is 1.94. The quantitative estimate of drug-likeness (QED) is 0.693. The predicted molar refractivity (Wildman–Crippen MR) is 88.7 cm³/mol. The molecule has 0 bridgehead atoms. The normalized spacial score (nSPS) is 18.3. The van der Waals surface area contributed by atoms with Crippen molar-refractivity contribution in [3.8, 4) is 0 Å². The van der Waals surface area contributed by atoms with Crippen LogP contribution in [0.3, 0.4) is 0 Å². The monoisotopic (exact) mass is 317 g/mol. The van der Waals surface area contributed by atoms with Gasteiger partial charge < -0.3 is 10.8 Å². The van der Waals surface area contributed by atoms with Crippen molar-refractivity contribution in [2.24, 2.45) is 5.73 Å². The number of halogens is 1. The smallest absolute Gasteiger partial charge is 0.127 e. The van der Waals surface area contributed by atoms with Gasteiger partial charge in [-0.25, -0.2) is 0 Å². The molecule has 1 atom stereocenters. The summed E-state index contributed by atoms with van der Waals surface area (Å²) in [4.78, 5) is 0. The van der Waals surface area contributed by atoms with Gasteiger partial charge in [0.25, 0.3) is 0 Å². The summed E-state index contributed by atoms with van der Waals surface area (Å²) in [6.07, 6.45) is 0. The first-order chi connectivity index (χ1) is 10.6. The summed E-state index contributed by atoms with van der Waals surface area (Å²) in [7, 11) is 0. The summed E-state index contributed by atoms with van der Waals surface area (Å²) in [5, 5.41) is 11.7. The molecule has 2 aromatic carbocycles. The highest BCUT2D eigenvalue weighted by atomic mass is 35.5. The maximum absolute atomic E-state index is 11.0. The maximum atomic E-state index is 11.0. The third-order valence-electron chi connectivity index (χ3n) is 4.30. The Balaban J connectivity index is 1.90. The number of aliphatic hydroxyl groups is 1. The molecule has 1 fully saturated rings.